The number of rotatable bonds is 3. The molecule has 0 radical (unpaired) electrons. The molecule has 0 aromatic heterocycles. The lowest BCUT2D eigenvalue weighted by Crippen LogP contribution is -2.21. The first-order valence-electron chi connectivity index (χ1n) is 5.66. The van der Waals surface area contributed by atoms with Gasteiger partial charge in [0, 0.05) is 15.6 Å². The second kappa shape index (κ2) is 4.16. The van der Waals surface area contributed by atoms with Gasteiger partial charge >= 0.3 is 5.97 Å². The van der Waals surface area contributed by atoms with Crippen molar-refractivity contribution in [2.24, 2.45) is 0 Å². The molecule has 0 bridgehead atoms. The third-order valence-electron chi connectivity index (χ3n) is 3.67. The summed E-state index contributed by atoms with van der Waals surface area (Å²) >= 11 is 3.44. The second-order valence-electron chi connectivity index (χ2n) is 4.71. The summed E-state index contributed by atoms with van der Waals surface area (Å²) in [6, 6.07) is 0. The molecule has 1 aromatic rings. The standard InChI is InChI=1S/C13H15BrO4/c1-6-8(13(4-5-13)12(16)17)10(15)11(18-3)7(2)9(6)14/h15H,4-5H2,1-3H3,(H,16,17). The first kappa shape index (κ1) is 13.2. The fraction of sp³-hybridized carbons (Fsp3) is 0.462. The lowest BCUT2D eigenvalue weighted by Gasteiger charge is -2.21. The van der Waals surface area contributed by atoms with Crippen LogP contribution in [-0.2, 0) is 10.2 Å². The Balaban J connectivity index is 2.76. The molecule has 1 aliphatic rings. The molecular formula is C13H15BrO4. The van der Waals surface area contributed by atoms with Crippen molar-refractivity contribution in [3.05, 3.63) is 21.2 Å². The summed E-state index contributed by atoms with van der Waals surface area (Å²) in [6.07, 6.45) is 1.10. The molecule has 0 saturated heterocycles. The molecule has 18 heavy (non-hydrogen) atoms. The summed E-state index contributed by atoms with van der Waals surface area (Å²) < 4.78 is 5.97. The summed E-state index contributed by atoms with van der Waals surface area (Å²) in [7, 11) is 1.47. The van der Waals surface area contributed by atoms with E-state index in [1.165, 1.54) is 7.11 Å². The summed E-state index contributed by atoms with van der Waals surface area (Å²) in [6.45, 7) is 3.63. The lowest BCUT2D eigenvalue weighted by atomic mass is 9.89. The van der Waals surface area contributed by atoms with E-state index >= 15 is 0 Å². The number of aliphatic carboxylic acids is 1. The zero-order chi connectivity index (χ0) is 13.7. The summed E-state index contributed by atoms with van der Waals surface area (Å²) in [5.41, 5.74) is 1.07. The third-order valence-corrected chi connectivity index (χ3v) is 4.86. The highest BCUT2D eigenvalue weighted by atomic mass is 79.9. The molecule has 0 unspecified atom stereocenters. The molecule has 0 heterocycles. The van der Waals surface area contributed by atoms with E-state index in [1.54, 1.807) is 0 Å². The molecule has 1 aromatic carbocycles. The van der Waals surface area contributed by atoms with Gasteiger partial charge in [0.25, 0.3) is 0 Å². The summed E-state index contributed by atoms with van der Waals surface area (Å²) in [5.74, 6) is -0.593. The number of carbonyl (C=O) groups is 1. The Hall–Kier alpha value is -1.23. The molecule has 1 aliphatic carbocycles. The van der Waals surface area contributed by atoms with Crippen LogP contribution in [0.2, 0.25) is 0 Å². The van der Waals surface area contributed by atoms with Crippen molar-refractivity contribution >= 4 is 21.9 Å². The van der Waals surface area contributed by atoms with Crippen molar-refractivity contribution in [1.29, 1.82) is 0 Å². The Morgan fingerprint density at radius 3 is 2.28 bits per heavy atom. The van der Waals surface area contributed by atoms with Gasteiger partial charge in [0.2, 0.25) is 0 Å². The van der Waals surface area contributed by atoms with Crippen LogP contribution in [0.1, 0.15) is 29.5 Å². The van der Waals surface area contributed by atoms with Gasteiger partial charge in [-0.3, -0.25) is 4.79 Å². The molecule has 0 spiro atoms. The maximum Gasteiger partial charge on any atom is 0.314 e. The Labute approximate surface area is 114 Å². The van der Waals surface area contributed by atoms with Crippen molar-refractivity contribution in [2.45, 2.75) is 32.1 Å². The van der Waals surface area contributed by atoms with Gasteiger partial charge in [-0.1, -0.05) is 15.9 Å². The number of benzene rings is 1. The number of halogens is 1. The van der Waals surface area contributed by atoms with Crippen molar-refractivity contribution in [2.75, 3.05) is 7.11 Å². The van der Waals surface area contributed by atoms with E-state index in [0.29, 0.717) is 24.2 Å². The molecule has 1 saturated carbocycles. The number of aromatic hydroxyl groups is 1. The van der Waals surface area contributed by atoms with Crippen LogP contribution in [0.5, 0.6) is 11.5 Å². The molecule has 1 fully saturated rings. The lowest BCUT2D eigenvalue weighted by molar-refractivity contribution is -0.140. The average Bonchev–Trinajstić information content (AvgIpc) is 3.09. The number of hydrogen-bond acceptors (Lipinski definition) is 3. The Bertz CT molecular complexity index is 533. The summed E-state index contributed by atoms with van der Waals surface area (Å²) in [5, 5.41) is 19.7. The van der Waals surface area contributed by atoms with Gasteiger partial charge in [-0.05, 0) is 32.3 Å². The van der Waals surface area contributed by atoms with E-state index in [2.05, 4.69) is 15.9 Å². The van der Waals surface area contributed by atoms with Gasteiger partial charge in [-0.2, -0.15) is 0 Å². The third kappa shape index (κ3) is 1.61. The van der Waals surface area contributed by atoms with Crippen molar-refractivity contribution in [3.63, 3.8) is 0 Å². The zero-order valence-electron chi connectivity index (χ0n) is 10.5. The van der Waals surface area contributed by atoms with Crippen LogP contribution < -0.4 is 4.74 Å². The molecule has 0 amide bonds. The van der Waals surface area contributed by atoms with E-state index in [4.69, 9.17) is 4.74 Å². The van der Waals surface area contributed by atoms with Gasteiger partial charge in [0.1, 0.15) is 0 Å². The van der Waals surface area contributed by atoms with E-state index in [9.17, 15) is 15.0 Å². The molecule has 2 rings (SSSR count). The largest absolute Gasteiger partial charge is 0.504 e. The van der Waals surface area contributed by atoms with Crippen LogP contribution in [-0.4, -0.2) is 23.3 Å². The number of phenolic OH excluding ortho intramolecular Hbond substituents is 1. The highest BCUT2D eigenvalue weighted by molar-refractivity contribution is 9.10. The molecule has 5 heteroatoms. The van der Waals surface area contributed by atoms with Crippen LogP contribution >= 0.6 is 15.9 Å². The number of carboxylic acids is 1. The summed E-state index contributed by atoms with van der Waals surface area (Å²) in [4.78, 5) is 11.4. The molecule has 0 aliphatic heterocycles. The van der Waals surface area contributed by atoms with Gasteiger partial charge in [0.05, 0.1) is 12.5 Å². The highest BCUT2D eigenvalue weighted by Gasteiger charge is 2.55. The molecule has 4 nitrogen and oxygen atoms in total. The number of carboxylic acid groups (broad SMARTS) is 1. The number of ether oxygens (including phenoxy) is 1. The van der Waals surface area contributed by atoms with Crippen LogP contribution in [0.15, 0.2) is 4.47 Å². The van der Waals surface area contributed by atoms with E-state index in [-0.39, 0.29) is 5.75 Å². The predicted octanol–water partition coefficient (Wildman–Crippen LogP) is 2.90. The van der Waals surface area contributed by atoms with Gasteiger partial charge in [0.15, 0.2) is 11.5 Å². The zero-order valence-corrected chi connectivity index (χ0v) is 12.1. The van der Waals surface area contributed by atoms with E-state index < -0.39 is 11.4 Å². The smallest absolute Gasteiger partial charge is 0.314 e. The predicted molar refractivity (Wildman–Crippen MR) is 70.4 cm³/mol. The molecule has 98 valence electrons. The van der Waals surface area contributed by atoms with Gasteiger partial charge in [-0.25, -0.2) is 0 Å². The van der Waals surface area contributed by atoms with Crippen molar-refractivity contribution < 1.29 is 19.7 Å². The molecule has 2 N–H and O–H groups in total. The number of phenols is 1. The fourth-order valence-corrected chi connectivity index (χ4v) is 2.87. The SMILES string of the molecule is COc1c(C)c(Br)c(C)c(C2(C(=O)O)CC2)c1O. The van der Waals surface area contributed by atoms with Crippen LogP contribution in [0.4, 0.5) is 0 Å². The van der Waals surface area contributed by atoms with Gasteiger partial charge < -0.3 is 14.9 Å². The van der Waals surface area contributed by atoms with Crippen molar-refractivity contribution in [3.8, 4) is 11.5 Å². The fourth-order valence-electron chi connectivity index (χ4n) is 2.49. The van der Waals surface area contributed by atoms with Crippen LogP contribution in [0, 0.1) is 13.8 Å². The Morgan fingerprint density at radius 1 is 1.33 bits per heavy atom. The Kier molecular flexibility index (Phi) is 3.05. The second-order valence-corrected chi connectivity index (χ2v) is 5.50. The van der Waals surface area contributed by atoms with E-state index in [0.717, 1.165) is 15.6 Å². The topological polar surface area (TPSA) is 66.8 Å². The molecule has 0 atom stereocenters. The van der Waals surface area contributed by atoms with E-state index in [1.807, 2.05) is 13.8 Å². The van der Waals surface area contributed by atoms with Crippen LogP contribution in [0.25, 0.3) is 0 Å². The number of hydrogen-bond donors (Lipinski definition) is 2. The molecular weight excluding hydrogens is 300 g/mol. The average molecular weight is 315 g/mol. The Morgan fingerprint density at radius 2 is 1.89 bits per heavy atom. The number of methoxy groups -OCH3 is 1. The highest BCUT2D eigenvalue weighted by Crippen LogP contribution is 2.56. The minimum Gasteiger partial charge on any atom is -0.504 e. The van der Waals surface area contributed by atoms with Crippen LogP contribution in [0.3, 0.4) is 0 Å². The normalized spacial score (nSPS) is 16.4. The maximum absolute atomic E-state index is 11.4. The van der Waals surface area contributed by atoms with Gasteiger partial charge in [-0.15, -0.1) is 0 Å². The van der Waals surface area contributed by atoms with Crippen molar-refractivity contribution in [1.82, 2.24) is 0 Å². The maximum atomic E-state index is 11.4. The first-order valence-corrected chi connectivity index (χ1v) is 6.45. The minimum absolute atomic E-state index is 0.0457. The first-order chi connectivity index (χ1) is 8.36. The minimum atomic E-state index is -0.947. The monoisotopic (exact) mass is 314 g/mol. The quantitative estimate of drug-likeness (QED) is 0.900.